The van der Waals surface area contributed by atoms with Gasteiger partial charge in [0.05, 0.1) is 32.2 Å². The average Bonchev–Trinajstić information content (AvgIpc) is 2.70. The minimum atomic E-state index is -0.0859. The van der Waals surface area contributed by atoms with Crippen LogP contribution < -0.4 is 18.9 Å². The summed E-state index contributed by atoms with van der Waals surface area (Å²) >= 11 is 0. The Morgan fingerprint density at radius 2 is 1.69 bits per heavy atom. The number of rotatable bonds is 6. The van der Waals surface area contributed by atoms with Gasteiger partial charge in [-0.25, -0.2) is 0 Å². The molecule has 2 aromatic carbocycles. The Morgan fingerprint density at radius 3 is 2.31 bits per heavy atom. The third-order valence-corrected chi connectivity index (χ3v) is 4.00. The average molecular weight is 350 g/mol. The number of hydrogen-bond acceptors (Lipinski definition) is 6. The normalized spacial score (nSPS) is 10.2. The lowest BCUT2D eigenvalue weighted by atomic mass is 10.0. The fourth-order valence-corrected chi connectivity index (χ4v) is 2.74. The molecule has 6 heteroatoms. The Balaban J connectivity index is 2.26. The third-order valence-electron chi connectivity index (χ3n) is 4.00. The fraction of sp³-hybridized carbons (Fsp3) is 0.200. The third kappa shape index (κ3) is 3.20. The fourth-order valence-electron chi connectivity index (χ4n) is 2.74. The second-order valence-corrected chi connectivity index (χ2v) is 5.40. The minimum Gasteiger partial charge on any atom is -0.497 e. The lowest BCUT2D eigenvalue weighted by Crippen LogP contribution is -2.00. The Labute approximate surface area is 151 Å². The van der Waals surface area contributed by atoms with Crippen LogP contribution in [-0.4, -0.2) is 32.9 Å². The summed E-state index contributed by atoms with van der Waals surface area (Å²) in [7, 11) is 4.77. The molecule has 0 aliphatic rings. The molecule has 132 valence electrons. The molecule has 0 bridgehead atoms. The summed E-state index contributed by atoms with van der Waals surface area (Å²) in [6.45, 7) is -0.0859. The van der Waals surface area contributed by atoms with Gasteiger partial charge in [-0.05, 0) is 17.7 Å². The molecule has 3 aromatic rings. The molecule has 0 unspecified atom stereocenters. The first kappa shape index (κ1) is 17.4. The molecular weight excluding hydrogens is 332 g/mol. The number of nitriles is 1. The van der Waals surface area contributed by atoms with Crippen molar-refractivity contribution < 1.29 is 18.9 Å². The highest BCUT2D eigenvalue weighted by Crippen LogP contribution is 2.42. The molecule has 0 N–H and O–H groups in total. The molecule has 0 amide bonds. The zero-order valence-electron chi connectivity index (χ0n) is 14.8. The highest BCUT2D eigenvalue weighted by molar-refractivity contribution is 5.97. The van der Waals surface area contributed by atoms with Crippen LogP contribution in [-0.2, 0) is 0 Å². The van der Waals surface area contributed by atoms with Gasteiger partial charge in [0.15, 0.2) is 6.61 Å². The summed E-state index contributed by atoms with van der Waals surface area (Å²) < 4.78 is 21.8. The number of benzene rings is 2. The number of nitrogens with zero attached hydrogens (tertiary/aromatic N) is 2. The minimum absolute atomic E-state index is 0.0859. The van der Waals surface area contributed by atoms with Crippen LogP contribution in [0.4, 0.5) is 0 Å². The summed E-state index contributed by atoms with van der Waals surface area (Å²) in [5, 5.41) is 9.67. The van der Waals surface area contributed by atoms with E-state index < -0.39 is 0 Å². The maximum Gasteiger partial charge on any atom is 0.174 e. The molecule has 6 nitrogen and oxygen atoms in total. The number of ether oxygens (including phenoxy) is 4. The van der Waals surface area contributed by atoms with E-state index in [1.807, 2.05) is 30.3 Å². The standard InChI is InChI=1S/C20H18N2O4/c1-23-14-6-4-13(5-7-14)16-12-22-17-10-15(24-2)11-18(25-3)19(17)20(16)26-9-8-21/h4-7,10-12H,9H2,1-3H3. The van der Waals surface area contributed by atoms with Crippen molar-refractivity contribution in [3.8, 4) is 40.2 Å². The molecule has 0 saturated carbocycles. The number of aromatic nitrogens is 1. The van der Waals surface area contributed by atoms with Crippen LogP contribution in [0.1, 0.15) is 0 Å². The predicted molar refractivity (Wildman–Crippen MR) is 97.9 cm³/mol. The SMILES string of the molecule is COc1ccc(-c2cnc3cc(OC)cc(OC)c3c2OCC#N)cc1. The van der Waals surface area contributed by atoms with E-state index in [1.54, 1.807) is 39.7 Å². The van der Waals surface area contributed by atoms with Crippen molar-refractivity contribution in [2.45, 2.75) is 0 Å². The molecule has 0 radical (unpaired) electrons. The van der Waals surface area contributed by atoms with Crippen LogP contribution in [0.25, 0.3) is 22.0 Å². The molecule has 1 aromatic heterocycles. The molecule has 0 aliphatic carbocycles. The van der Waals surface area contributed by atoms with Crippen LogP contribution in [0.2, 0.25) is 0 Å². The zero-order valence-corrected chi connectivity index (χ0v) is 14.8. The second kappa shape index (κ2) is 7.62. The summed E-state index contributed by atoms with van der Waals surface area (Å²) in [5.41, 5.74) is 2.32. The predicted octanol–water partition coefficient (Wildman–Crippen LogP) is 3.83. The summed E-state index contributed by atoms with van der Waals surface area (Å²) in [4.78, 5) is 4.53. The molecule has 0 spiro atoms. The first-order valence-electron chi connectivity index (χ1n) is 7.90. The van der Waals surface area contributed by atoms with Crippen LogP contribution in [0.3, 0.4) is 0 Å². The zero-order chi connectivity index (χ0) is 18.5. The number of hydrogen-bond donors (Lipinski definition) is 0. The van der Waals surface area contributed by atoms with E-state index in [9.17, 15) is 0 Å². The molecule has 0 fully saturated rings. The summed E-state index contributed by atoms with van der Waals surface area (Å²) in [6.07, 6.45) is 1.72. The van der Waals surface area contributed by atoms with Crippen LogP contribution in [0.5, 0.6) is 23.0 Å². The van der Waals surface area contributed by atoms with Crippen molar-refractivity contribution >= 4 is 10.9 Å². The Bertz CT molecular complexity index is 962. The van der Waals surface area contributed by atoms with E-state index in [1.165, 1.54) is 0 Å². The first-order valence-corrected chi connectivity index (χ1v) is 7.90. The van der Waals surface area contributed by atoms with Crippen molar-refractivity contribution in [1.82, 2.24) is 4.98 Å². The molecule has 0 saturated heterocycles. The van der Waals surface area contributed by atoms with E-state index in [-0.39, 0.29) is 6.61 Å². The Hall–Kier alpha value is -3.46. The van der Waals surface area contributed by atoms with Crippen molar-refractivity contribution in [2.75, 3.05) is 27.9 Å². The van der Waals surface area contributed by atoms with Gasteiger partial charge in [-0.1, -0.05) is 12.1 Å². The molecular formula is C20H18N2O4. The molecule has 3 rings (SSSR count). The highest BCUT2D eigenvalue weighted by atomic mass is 16.5. The van der Waals surface area contributed by atoms with E-state index in [0.29, 0.717) is 28.2 Å². The van der Waals surface area contributed by atoms with E-state index >= 15 is 0 Å². The Kier molecular flexibility index (Phi) is 5.09. The largest absolute Gasteiger partial charge is 0.497 e. The van der Waals surface area contributed by atoms with Gasteiger partial charge in [0.2, 0.25) is 0 Å². The van der Waals surface area contributed by atoms with Crippen LogP contribution in [0.15, 0.2) is 42.6 Å². The van der Waals surface area contributed by atoms with Crippen molar-refractivity contribution in [3.63, 3.8) is 0 Å². The van der Waals surface area contributed by atoms with E-state index in [2.05, 4.69) is 4.98 Å². The first-order chi connectivity index (χ1) is 12.7. The van der Waals surface area contributed by atoms with Gasteiger partial charge >= 0.3 is 0 Å². The molecule has 26 heavy (non-hydrogen) atoms. The lowest BCUT2D eigenvalue weighted by Gasteiger charge is -2.16. The van der Waals surface area contributed by atoms with Crippen molar-refractivity contribution in [2.24, 2.45) is 0 Å². The van der Waals surface area contributed by atoms with Gasteiger partial charge in [-0.15, -0.1) is 0 Å². The number of methoxy groups -OCH3 is 3. The summed E-state index contributed by atoms with van der Waals surface area (Å²) in [5.74, 6) is 2.49. The number of fused-ring (bicyclic) bond motifs is 1. The smallest absolute Gasteiger partial charge is 0.174 e. The van der Waals surface area contributed by atoms with Gasteiger partial charge in [-0.3, -0.25) is 4.98 Å². The van der Waals surface area contributed by atoms with Crippen molar-refractivity contribution in [3.05, 3.63) is 42.6 Å². The second-order valence-electron chi connectivity index (χ2n) is 5.40. The quantitative estimate of drug-likeness (QED) is 0.673. The van der Waals surface area contributed by atoms with Gasteiger partial charge in [-0.2, -0.15) is 5.26 Å². The van der Waals surface area contributed by atoms with Crippen LogP contribution in [0, 0.1) is 11.3 Å². The topological polar surface area (TPSA) is 73.6 Å². The summed E-state index contributed by atoms with van der Waals surface area (Å²) in [6, 6.07) is 13.1. The number of pyridine rings is 1. The maximum absolute atomic E-state index is 8.98. The maximum atomic E-state index is 8.98. The van der Waals surface area contributed by atoms with Gasteiger partial charge in [0.25, 0.3) is 0 Å². The van der Waals surface area contributed by atoms with E-state index in [0.717, 1.165) is 16.9 Å². The molecule has 1 heterocycles. The molecule has 0 atom stereocenters. The van der Waals surface area contributed by atoms with E-state index in [4.69, 9.17) is 24.2 Å². The lowest BCUT2D eigenvalue weighted by molar-refractivity contribution is 0.369. The van der Waals surface area contributed by atoms with Gasteiger partial charge < -0.3 is 18.9 Å². The van der Waals surface area contributed by atoms with Gasteiger partial charge in [0.1, 0.15) is 29.1 Å². The Morgan fingerprint density at radius 1 is 0.962 bits per heavy atom. The monoisotopic (exact) mass is 350 g/mol. The molecule has 0 aliphatic heterocycles. The highest BCUT2D eigenvalue weighted by Gasteiger charge is 2.18. The van der Waals surface area contributed by atoms with Gasteiger partial charge in [0, 0.05) is 23.9 Å². The van der Waals surface area contributed by atoms with Crippen LogP contribution >= 0.6 is 0 Å². The van der Waals surface area contributed by atoms with Crippen molar-refractivity contribution in [1.29, 1.82) is 5.26 Å².